The number of carbonyl (C=O) groups is 2. The standard InChI is InChI=1S/C23H24N2O5S2/c26-22(16-30-23(27)8-5-18-9-14-31-17-18)24-10-12-25(13-11-24)32(28,29)21-7-6-19-3-1-2-4-20(19)15-21/h1-4,6-7,9,14-15,17H,5,8,10-13,16H2. The van der Waals surface area contributed by atoms with Crippen molar-refractivity contribution in [3.8, 4) is 0 Å². The number of amides is 1. The quantitative estimate of drug-likeness (QED) is 0.494. The second kappa shape index (κ2) is 9.81. The fourth-order valence-electron chi connectivity index (χ4n) is 3.64. The Labute approximate surface area is 191 Å². The summed E-state index contributed by atoms with van der Waals surface area (Å²) in [6.07, 6.45) is 0.809. The Balaban J connectivity index is 1.28. The van der Waals surface area contributed by atoms with Crippen molar-refractivity contribution in [1.82, 2.24) is 9.21 Å². The van der Waals surface area contributed by atoms with E-state index in [2.05, 4.69) is 0 Å². The maximum Gasteiger partial charge on any atom is 0.306 e. The van der Waals surface area contributed by atoms with Gasteiger partial charge >= 0.3 is 5.97 Å². The van der Waals surface area contributed by atoms with Crippen LogP contribution in [0.3, 0.4) is 0 Å². The van der Waals surface area contributed by atoms with E-state index in [0.717, 1.165) is 16.3 Å². The van der Waals surface area contributed by atoms with Crippen LogP contribution in [0.1, 0.15) is 12.0 Å². The topological polar surface area (TPSA) is 84.0 Å². The first kappa shape index (κ1) is 22.4. The summed E-state index contributed by atoms with van der Waals surface area (Å²) in [7, 11) is -3.65. The predicted octanol–water partition coefficient (Wildman–Crippen LogP) is 2.91. The normalized spacial score (nSPS) is 15.1. The lowest BCUT2D eigenvalue weighted by Gasteiger charge is -2.33. The van der Waals surface area contributed by atoms with Gasteiger partial charge in [0.05, 0.1) is 4.90 Å². The average molecular weight is 473 g/mol. The molecule has 1 amide bonds. The zero-order valence-corrected chi connectivity index (χ0v) is 19.1. The summed E-state index contributed by atoms with van der Waals surface area (Å²) in [5.41, 5.74) is 1.07. The number of piperazine rings is 1. The minimum atomic E-state index is -3.65. The number of esters is 1. The molecular weight excluding hydrogens is 448 g/mol. The van der Waals surface area contributed by atoms with Crippen molar-refractivity contribution >= 4 is 44.0 Å². The SMILES string of the molecule is O=C(CCc1ccsc1)OCC(=O)N1CCN(S(=O)(=O)c2ccc3ccccc3c2)CC1. The molecule has 3 aromatic rings. The first-order chi connectivity index (χ1) is 15.4. The second-order valence-corrected chi connectivity index (χ2v) is 10.3. The monoisotopic (exact) mass is 472 g/mol. The van der Waals surface area contributed by atoms with E-state index in [0.29, 0.717) is 6.42 Å². The molecule has 168 valence electrons. The smallest absolute Gasteiger partial charge is 0.306 e. The molecule has 2 heterocycles. The van der Waals surface area contributed by atoms with E-state index in [1.807, 2.05) is 41.1 Å². The molecule has 1 fully saturated rings. The van der Waals surface area contributed by atoms with Gasteiger partial charge in [-0.1, -0.05) is 30.3 Å². The third-order valence-electron chi connectivity index (χ3n) is 5.50. The van der Waals surface area contributed by atoms with Crippen LogP contribution in [0.5, 0.6) is 0 Å². The third-order valence-corrected chi connectivity index (χ3v) is 8.13. The largest absolute Gasteiger partial charge is 0.456 e. The number of rotatable bonds is 7. The van der Waals surface area contributed by atoms with Gasteiger partial charge in [-0.15, -0.1) is 0 Å². The fourth-order valence-corrected chi connectivity index (χ4v) is 5.80. The molecule has 0 aliphatic carbocycles. The summed E-state index contributed by atoms with van der Waals surface area (Å²) in [4.78, 5) is 26.1. The maximum absolute atomic E-state index is 13.0. The van der Waals surface area contributed by atoms with E-state index in [9.17, 15) is 18.0 Å². The summed E-state index contributed by atoms with van der Waals surface area (Å²) in [6.45, 7) is 0.607. The summed E-state index contributed by atoms with van der Waals surface area (Å²) in [6, 6.07) is 14.6. The van der Waals surface area contributed by atoms with Crippen LogP contribution in [0.2, 0.25) is 0 Å². The summed E-state index contributed by atoms with van der Waals surface area (Å²) >= 11 is 1.57. The molecule has 0 N–H and O–H groups in total. The van der Waals surface area contributed by atoms with Gasteiger partial charge in [0.15, 0.2) is 6.61 Å². The first-order valence-electron chi connectivity index (χ1n) is 10.4. The van der Waals surface area contributed by atoms with Crippen LogP contribution in [-0.4, -0.2) is 62.3 Å². The number of benzene rings is 2. The average Bonchev–Trinajstić information content (AvgIpc) is 3.34. The van der Waals surface area contributed by atoms with Gasteiger partial charge in [-0.2, -0.15) is 15.6 Å². The molecule has 1 aromatic heterocycles. The van der Waals surface area contributed by atoms with E-state index < -0.39 is 16.0 Å². The predicted molar refractivity (Wildman–Crippen MR) is 123 cm³/mol. The Kier molecular flexibility index (Phi) is 6.88. The van der Waals surface area contributed by atoms with Gasteiger partial charge in [0.1, 0.15) is 0 Å². The number of ether oxygens (including phenoxy) is 1. The van der Waals surface area contributed by atoms with Crippen LogP contribution in [0.25, 0.3) is 10.8 Å². The van der Waals surface area contributed by atoms with E-state index in [1.165, 1.54) is 4.31 Å². The van der Waals surface area contributed by atoms with Gasteiger partial charge in [-0.05, 0) is 51.7 Å². The minimum Gasteiger partial charge on any atom is -0.456 e. The van der Waals surface area contributed by atoms with Gasteiger partial charge in [0.25, 0.3) is 5.91 Å². The van der Waals surface area contributed by atoms with E-state index >= 15 is 0 Å². The molecule has 9 heteroatoms. The highest BCUT2D eigenvalue weighted by Gasteiger charge is 2.30. The first-order valence-corrected chi connectivity index (χ1v) is 12.8. The Hall–Kier alpha value is -2.75. The molecule has 0 spiro atoms. The number of aryl methyl sites for hydroxylation is 1. The summed E-state index contributed by atoms with van der Waals surface area (Å²) in [5, 5.41) is 5.77. The molecule has 1 aliphatic heterocycles. The Morgan fingerprint density at radius 3 is 2.44 bits per heavy atom. The molecule has 2 aromatic carbocycles. The van der Waals surface area contributed by atoms with Gasteiger partial charge in [-0.3, -0.25) is 9.59 Å². The molecule has 0 radical (unpaired) electrons. The van der Waals surface area contributed by atoms with Crippen molar-refractivity contribution in [2.45, 2.75) is 17.7 Å². The number of sulfonamides is 1. The highest BCUT2D eigenvalue weighted by Crippen LogP contribution is 2.23. The highest BCUT2D eigenvalue weighted by molar-refractivity contribution is 7.89. The van der Waals surface area contributed by atoms with Crippen LogP contribution in [-0.2, 0) is 30.8 Å². The maximum atomic E-state index is 13.0. The van der Waals surface area contributed by atoms with Gasteiger partial charge < -0.3 is 9.64 Å². The molecule has 4 rings (SSSR count). The molecule has 0 unspecified atom stereocenters. The van der Waals surface area contributed by atoms with Gasteiger partial charge in [0.2, 0.25) is 10.0 Å². The highest BCUT2D eigenvalue weighted by atomic mass is 32.2. The third kappa shape index (κ3) is 5.17. The number of nitrogens with zero attached hydrogens (tertiary/aromatic N) is 2. The lowest BCUT2D eigenvalue weighted by Crippen LogP contribution is -2.51. The van der Waals surface area contributed by atoms with Crippen LogP contribution in [0.15, 0.2) is 64.2 Å². The number of fused-ring (bicyclic) bond motifs is 1. The molecule has 32 heavy (non-hydrogen) atoms. The zero-order valence-electron chi connectivity index (χ0n) is 17.5. The molecule has 0 bridgehead atoms. The molecule has 0 atom stereocenters. The Morgan fingerprint density at radius 1 is 0.969 bits per heavy atom. The zero-order chi connectivity index (χ0) is 22.6. The van der Waals surface area contributed by atoms with Crippen molar-refractivity contribution in [2.75, 3.05) is 32.8 Å². The molecular formula is C23H24N2O5S2. The lowest BCUT2D eigenvalue weighted by molar-refractivity contribution is -0.152. The molecule has 0 saturated carbocycles. The molecule has 1 aliphatic rings. The van der Waals surface area contributed by atoms with E-state index in [1.54, 1.807) is 34.4 Å². The molecule has 7 nitrogen and oxygen atoms in total. The van der Waals surface area contributed by atoms with E-state index in [-0.39, 0.29) is 50.0 Å². The van der Waals surface area contributed by atoms with Crippen molar-refractivity contribution in [3.63, 3.8) is 0 Å². The summed E-state index contributed by atoms with van der Waals surface area (Å²) in [5.74, 6) is -0.723. The van der Waals surface area contributed by atoms with Gasteiger partial charge in [-0.25, -0.2) is 8.42 Å². The number of carbonyl (C=O) groups excluding carboxylic acids is 2. The fraction of sp³-hybridized carbons (Fsp3) is 0.304. The number of hydrogen-bond donors (Lipinski definition) is 0. The Morgan fingerprint density at radius 2 is 1.72 bits per heavy atom. The number of hydrogen-bond acceptors (Lipinski definition) is 6. The van der Waals surface area contributed by atoms with Crippen molar-refractivity contribution in [2.24, 2.45) is 0 Å². The second-order valence-electron chi connectivity index (χ2n) is 7.59. The van der Waals surface area contributed by atoms with Crippen molar-refractivity contribution < 1.29 is 22.7 Å². The lowest BCUT2D eigenvalue weighted by atomic mass is 10.1. The number of thiophene rings is 1. The minimum absolute atomic E-state index is 0.201. The van der Waals surface area contributed by atoms with Crippen LogP contribution < -0.4 is 0 Å². The van der Waals surface area contributed by atoms with Gasteiger partial charge in [0, 0.05) is 32.6 Å². The van der Waals surface area contributed by atoms with Crippen LogP contribution in [0, 0.1) is 0 Å². The van der Waals surface area contributed by atoms with E-state index in [4.69, 9.17) is 4.74 Å². The summed E-state index contributed by atoms with van der Waals surface area (Å²) < 4.78 is 32.6. The van der Waals surface area contributed by atoms with Crippen LogP contribution in [0.4, 0.5) is 0 Å². The molecule has 1 saturated heterocycles. The van der Waals surface area contributed by atoms with Crippen molar-refractivity contribution in [3.05, 3.63) is 64.9 Å². The van der Waals surface area contributed by atoms with Crippen LogP contribution >= 0.6 is 11.3 Å². The van der Waals surface area contributed by atoms with Crippen molar-refractivity contribution in [1.29, 1.82) is 0 Å². The Bertz CT molecular complexity index is 1200.